The van der Waals surface area contributed by atoms with E-state index < -0.39 is 0 Å². The molecule has 1 unspecified atom stereocenters. The molecule has 0 amide bonds. The van der Waals surface area contributed by atoms with Crippen molar-refractivity contribution in [3.63, 3.8) is 0 Å². The van der Waals surface area contributed by atoms with Crippen LogP contribution in [0.2, 0.25) is 0 Å². The van der Waals surface area contributed by atoms with Gasteiger partial charge in [0.2, 0.25) is 0 Å². The van der Waals surface area contributed by atoms with Crippen LogP contribution in [0.4, 0.5) is 0 Å². The minimum Gasteiger partial charge on any atom is -0.373 e. The molecule has 0 aromatic heterocycles. The topological polar surface area (TPSA) is 9.23 Å². The smallest absolute Gasteiger partial charge is 0.0858 e. The van der Waals surface area contributed by atoms with Crippen molar-refractivity contribution < 1.29 is 4.74 Å². The van der Waals surface area contributed by atoms with Crippen molar-refractivity contribution in [3.05, 3.63) is 34.3 Å². The van der Waals surface area contributed by atoms with Gasteiger partial charge in [-0.15, -0.1) is 11.6 Å². The van der Waals surface area contributed by atoms with Gasteiger partial charge >= 0.3 is 0 Å². The van der Waals surface area contributed by atoms with Crippen LogP contribution in [0.1, 0.15) is 18.4 Å². The normalized spacial score (nSPS) is 25.7. The fourth-order valence-corrected chi connectivity index (χ4v) is 2.59. The van der Waals surface area contributed by atoms with Gasteiger partial charge in [-0.3, -0.25) is 0 Å². The van der Waals surface area contributed by atoms with Gasteiger partial charge in [0.25, 0.3) is 0 Å². The minimum absolute atomic E-state index is 0.116. The Morgan fingerprint density at radius 2 is 2.07 bits per heavy atom. The average molecular weight is 290 g/mol. The zero-order chi connectivity index (χ0) is 10.7. The Hall–Kier alpha value is -0.0500. The van der Waals surface area contributed by atoms with Crippen molar-refractivity contribution in [2.75, 3.05) is 12.5 Å². The SMILES string of the molecule is ClCC1(Cc2ccc(Br)cc2)CCCO1. The largest absolute Gasteiger partial charge is 0.373 e. The van der Waals surface area contributed by atoms with Gasteiger partial charge in [-0.2, -0.15) is 0 Å². The highest BCUT2D eigenvalue weighted by Crippen LogP contribution is 2.31. The molecule has 0 radical (unpaired) electrons. The first kappa shape index (κ1) is 11.4. The lowest BCUT2D eigenvalue weighted by molar-refractivity contribution is 0.0238. The lowest BCUT2D eigenvalue weighted by Crippen LogP contribution is -2.32. The van der Waals surface area contributed by atoms with E-state index in [-0.39, 0.29) is 5.60 Å². The predicted molar refractivity (Wildman–Crippen MR) is 66.5 cm³/mol. The van der Waals surface area contributed by atoms with E-state index in [4.69, 9.17) is 16.3 Å². The van der Waals surface area contributed by atoms with Gasteiger partial charge in [0.05, 0.1) is 11.5 Å². The van der Waals surface area contributed by atoms with Gasteiger partial charge in [0.1, 0.15) is 0 Å². The maximum atomic E-state index is 6.01. The highest BCUT2D eigenvalue weighted by molar-refractivity contribution is 9.10. The monoisotopic (exact) mass is 288 g/mol. The number of rotatable bonds is 3. The third kappa shape index (κ3) is 2.74. The molecule has 1 aromatic rings. The summed E-state index contributed by atoms with van der Waals surface area (Å²) in [7, 11) is 0. The van der Waals surface area contributed by atoms with Crippen LogP contribution >= 0.6 is 27.5 Å². The van der Waals surface area contributed by atoms with E-state index in [0.29, 0.717) is 5.88 Å². The number of halogens is 2. The van der Waals surface area contributed by atoms with Gasteiger partial charge in [-0.05, 0) is 30.5 Å². The Bertz CT molecular complexity index is 317. The average Bonchev–Trinajstić information content (AvgIpc) is 2.71. The van der Waals surface area contributed by atoms with Crippen molar-refractivity contribution in [2.24, 2.45) is 0 Å². The summed E-state index contributed by atoms with van der Waals surface area (Å²) in [6.45, 7) is 0.850. The molecule has 1 aliphatic rings. The summed E-state index contributed by atoms with van der Waals surface area (Å²) in [6.07, 6.45) is 3.12. The molecule has 0 N–H and O–H groups in total. The second-order valence-corrected chi connectivity index (χ2v) is 5.25. The third-order valence-electron chi connectivity index (χ3n) is 2.87. The maximum absolute atomic E-state index is 6.01. The molecule has 0 bridgehead atoms. The van der Waals surface area contributed by atoms with E-state index in [1.165, 1.54) is 5.56 Å². The quantitative estimate of drug-likeness (QED) is 0.770. The van der Waals surface area contributed by atoms with E-state index in [9.17, 15) is 0 Å². The Morgan fingerprint density at radius 1 is 1.33 bits per heavy atom. The molecule has 1 atom stereocenters. The molecule has 1 aromatic carbocycles. The first-order valence-electron chi connectivity index (χ1n) is 5.18. The van der Waals surface area contributed by atoms with Crippen LogP contribution in [0.15, 0.2) is 28.7 Å². The lowest BCUT2D eigenvalue weighted by Gasteiger charge is -2.25. The van der Waals surface area contributed by atoms with E-state index >= 15 is 0 Å². The maximum Gasteiger partial charge on any atom is 0.0858 e. The van der Waals surface area contributed by atoms with E-state index in [0.717, 1.165) is 30.3 Å². The van der Waals surface area contributed by atoms with Crippen LogP contribution in [0.25, 0.3) is 0 Å². The molecular weight excluding hydrogens is 275 g/mol. The summed E-state index contributed by atoms with van der Waals surface area (Å²) in [5.41, 5.74) is 1.18. The van der Waals surface area contributed by atoms with E-state index in [1.54, 1.807) is 0 Å². The Labute approximate surface area is 104 Å². The number of alkyl halides is 1. The Morgan fingerprint density at radius 3 is 2.60 bits per heavy atom. The highest BCUT2D eigenvalue weighted by Gasteiger charge is 2.34. The number of benzene rings is 1. The molecular formula is C12H14BrClO. The minimum atomic E-state index is -0.116. The van der Waals surface area contributed by atoms with E-state index in [1.807, 2.05) is 0 Å². The van der Waals surface area contributed by atoms with Crippen molar-refractivity contribution in [2.45, 2.75) is 24.9 Å². The van der Waals surface area contributed by atoms with Gasteiger partial charge < -0.3 is 4.74 Å². The summed E-state index contributed by atoms with van der Waals surface area (Å²) in [6, 6.07) is 8.37. The number of hydrogen-bond donors (Lipinski definition) is 0. The zero-order valence-corrected chi connectivity index (χ0v) is 10.9. The predicted octanol–water partition coefficient (Wildman–Crippen LogP) is 3.78. The molecule has 1 fully saturated rings. The van der Waals surface area contributed by atoms with Crippen LogP contribution in [-0.4, -0.2) is 18.1 Å². The summed E-state index contributed by atoms with van der Waals surface area (Å²) >= 11 is 9.44. The third-order valence-corrected chi connectivity index (χ3v) is 3.88. The molecule has 0 saturated carbocycles. The molecule has 1 aliphatic heterocycles. The fraction of sp³-hybridized carbons (Fsp3) is 0.500. The van der Waals surface area contributed by atoms with E-state index in [2.05, 4.69) is 40.2 Å². The van der Waals surface area contributed by atoms with Gasteiger partial charge in [0.15, 0.2) is 0 Å². The van der Waals surface area contributed by atoms with Gasteiger partial charge in [-0.1, -0.05) is 28.1 Å². The molecule has 82 valence electrons. The molecule has 0 aliphatic carbocycles. The van der Waals surface area contributed by atoms with Crippen LogP contribution in [-0.2, 0) is 11.2 Å². The Balaban J connectivity index is 2.09. The first-order chi connectivity index (χ1) is 7.24. The van der Waals surface area contributed by atoms with Crippen molar-refractivity contribution in [1.29, 1.82) is 0 Å². The molecule has 3 heteroatoms. The zero-order valence-electron chi connectivity index (χ0n) is 8.51. The lowest BCUT2D eigenvalue weighted by atomic mass is 9.93. The summed E-state index contributed by atoms with van der Waals surface area (Å²) in [5, 5.41) is 0. The first-order valence-corrected chi connectivity index (χ1v) is 6.51. The Kier molecular flexibility index (Phi) is 3.70. The molecule has 15 heavy (non-hydrogen) atoms. The molecule has 0 spiro atoms. The standard InChI is InChI=1S/C12H14BrClO/c13-11-4-2-10(3-5-11)8-12(9-14)6-1-7-15-12/h2-5H,1,6-9H2. The number of hydrogen-bond acceptors (Lipinski definition) is 1. The second kappa shape index (κ2) is 4.86. The molecule has 1 nitrogen and oxygen atoms in total. The molecule has 2 rings (SSSR count). The van der Waals surface area contributed by atoms with Crippen LogP contribution in [0, 0.1) is 0 Å². The van der Waals surface area contributed by atoms with Crippen LogP contribution in [0.5, 0.6) is 0 Å². The molecule has 1 heterocycles. The highest BCUT2D eigenvalue weighted by atomic mass is 79.9. The number of ether oxygens (including phenoxy) is 1. The second-order valence-electron chi connectivity index (χ2n) is 4.07. The summed E-state index contributed by atoms with van der Waals surface area (Å²) < 4.78 is 6.89. The van der Waals surface area contributed by atoms with Crippen molar-refractivity contribution in [3.8, 4) is 0 Å². The molecule has 1 saturated heterocycles. The van der Waals surface area contributed by atoms with Crippen molar-refractivity contribution in [1.82, 2.24) is 0 Å². The van der Waals surface area contributed by atoms with Gasteiger partial charge in [0, 0.05) is 17.5 Å². The van der Waals surface area contributed by atoms with Crippen molar-refractivity contribution >= 4 is 27.5 Å². The van der Waals surface area contributed by atoms with Crippen LogP contribution in [0.3, 0.4) is 0 Å². The van der Waals surface area contributed by atoms with Crippen LogP contribution < -0.4 is 0 Å². The summed E-state index contributed by atoms with van der Waals surface area (Å²) in [4.78, 5) is 0. The van der Waals surface area contributed by atoms with Gasteiger partial charge in [-0.25, -0.2) is 0 Å². The fourth-order valence-electron chi connectivity index (χ4n) is 2.02. The summed E-state index contributed by atoms with van der Waals surface area (Å²) in [5.74, 6) is 0.586.